The molecule has 2 aromatic carbocycles. The largest absolute Gasteiger partial charge is 0.486 e. The molecule has 1 saturated heterocycles. The molecule has 5 rings (SSSR count). The summed E-state index contributed by atoms with van der Waals surface area (Å²) in [5.41, 5.74) is 0.693. The molecule has 1 aromatic heterocycles. The predicted molar refractivity (Wildman–Crippen MR) is 119 cm³/mol. The Morgan fingerprint density at radius 2 is 1.81 bits per heavy atom. The summed E-state index contributed by atoms with van der Waals surface area (Å²) in [6.07, 6.45) is 1.73. The van der Waals surface area contributed by atoms with Crippen LogP contribution in [0.5, 0.6) is 11.5 Å². The number of fused-ring (bicyclic) bond motifs is 2. The fourth-order valence-electron chi connectivity index (χ4n) is 4.71. The monoisotopic (exact) mass is 435 g/mol. The van der Waals surface area contributed by atoms with Gasteiger partial charge in [0.15, 0.2) is 11.5 Å². The van der Waals surface area contributed by atoms with Crippen LogP contribution in [0.25, 0.3) is 10.9 Å². The van der Waals surface area contributed by atoms with Gasteiger partial charge in [0.2, 0.25) is 5.91 Å². The number of hydrogen-bond donors (Lipinski definition) is 0. The van der Waals surface area contributed by atoms with Crippen LogP contribution in [0.2, 0.25) is 0 Å². The van der Waals surface area contributed by atoms with Gasteiger partial charge in [0, 0.05) is 13.1 Å². The van der Waals surface area contributed by atoms with Crippen LogP contribution >= 0.6 is 0 Å². The number of benzene rings is 2. The molecule has 0 aliphatic carbocycles. The normalized spacial score (nSPS) is 17.7. The van der Waals surface area contributed by atoms with E-state index in [1.165, 1.54) is 9.13 Å². The molecule has 0 saturated carbocycles. The van der Waals surface area contributed by atoms with Gasteiger partial charge >= 0.3 is 5.69 Å². The Balaban J connectivity index is 1.48. The molecule has 1 fully saturated rings. The van der Waals surface area contributed by atoms with Gasteiger partial charge in [-0.15, -0.1) is 0 Å². The van der Waals surface area contributed by atoms with Crippen LogP contribution in [0.1, 0.15) is 31.4 Å². The average molecular weight is 435 g/mol. The summed E-state index contributed by atoms with van der Waals surface area (Å²) in [4.78, 5) is 40.9. The molecule has 0 N–H and O–H groups in total. The van der Waals surface area contributed by atoms with Gasteiger partial charge in [0.25, 0.3) is 5.56 Å². The molecule has 0 bridgehead atoms. The molecule has 0 spiro atoms. The average Bonchev–Trinajstić information content (AvgIpc) is 3.32. The summed E-state index contributed by atoms with van der Waals surface area (Å²) in [6.45, 7) is 3.55. The molecule has 3 aromatic rings. The topological polar surface area (TPSA) is 82.8 Å². The van der Waals surface area contributed by atoms with Crippen molar-refractivity contribution in [2.24, 2.45) is 0 Å². The van der Waals surface area contributed by atoms with Gasteiger partial charge < -0.3 is 14.4 Å². The van der Waals surface area contributed by atoms with E-state index >= 15 is 0 Å². The van der Waals surface area contributed by atoms with Crippen molar-refractivity contribution in [1.29, 1.82) is 0 Å². The molecule has 8 nitrogen and oxygen atoms in total. The highest BCUT2D eigenvalue weighted by Crippen LogP contribution is 2.38. The molecular weight excluding hydrogens is 410 g/mol. The second-order valence-electron chi connectivity index (χ2n) is 8.08. The van der Waals surface area contributed by atoms with Crippen LogP contribution in [-0.4, -0.2) is 39.7 Å². The van der Waals surface area contributed by atoms with Crippen LogP contribution < -0.4 is 20.7 Å². The molecule has 166 valence electrons. The third kappa shape index (κ3) is 3.36. The van der Waals surface area contributed by atoms with E-state index in [2.05, 4.69) is 0 Å². The zero-order chi connectivity index (χ0) is 22.2. The van der Waals surface area contributed by atoms with Crippen molar-refractivity contribution in [3.63, 3.8) is 0 Å². The van der Waals surface area contributed by atoms with Crippen LogP contribution in [0.4, 0.5) is 0 Å². The molecule has 2 aliphatic rings. The fraction of sp³-hybridized carbons (Fsp3) is 0.375. The van der Waals surface area contributed by atoms with Crippen molar-refractivity contribution in [1.82, 2.24) is 14.0 Å². The number of nitrogens with zero attached hydrogens (tertiary/aromatic N) is 3. The standard InChI is InChI=1S/C24H25N3O5/c1-2-25-23(29)17-6-3-4-7-19(17)27(24(25)30)15-22(28)26-11-5-8-18(26)16-9-10-20-21(14-16)32-13-12-31-20/h3-4,6-7,9-10,14,18H,2,5,8,11-13,15H2,1H3/t18-/m1/s1. The Kier molecular flexibility index (Phi) is 5.20. The highest BCUT2D eigenvalue weighted by atomic mass is 16.6. The summed E-state index contributed by atoms with van der Waals surface area (Å²) >= 11 is 0. The first kappa shape index (κ1) is 20.4. The Hall–Kier alpha value is -3.55. The van der Waals surface area contributed by atoms with Crippen LogP contribution in [0.3, 0.4) is 0 Å². The Morgan fingerprint density at radius 3 is 2.62 bits per heavy atom. The van der Waals surface area contributed by atoms with E-state index in [1.807, 2.05) is 23.1 Å². The van der Waals surface area contributed by atoms with Gasteiger partial charge in [-0.25, -0.2) is 4.79 Å². The molecule has 1 atom stereocenters. The number of hydrogen-bond acceptors (Lipinski definition) is 5. The van der Waals surface area contributed by atoms with E-state index in [9.17, 15) is 14.4 Å². The molecule has 0 radical (unpaired) electrons. The SMILES string of the molecule is CCn1c(=O)c2ccccc2n(CC(=O)N2CCC[C@@H]2c2ccc3c(c2)OCCO3)c1=O. The number of ether oxygens (including phenoxy) is 2. The van der Waals surface area contributed by atoms with Crippen molar-refractivity contribution in [3.8, 4) is 11.5 Å². The molecule has 32 heavy (non-hydrogen) atoms. The van der Waals surface area contributed by atoms with Crippen LogP contribution in [0.15, 0.2) is 52.1 Å². The Bertz CT molecular complexity index is 1310. The summed E-state index contributed by atoms with van der Waals surface area (Å²) in [5, 5.41) is 0.437. The first-order valence-electron chi connectivity index (χ1n) is 11.0. The number of para-hydroxylation sites is 1. The van der Waals surface area contributed by atoms with Crippen molar-refractivity contribution >= 4 is 16.8 Å². The van der Waals surface area contributed by atoms with Gasteiger partial charge in [0.1, 0.15) is 19.8 Å². The number of rotatable bonds is 4. The highest BCUT2D eigenvalue weighted by molar-refractivity contribution is 5.82. The van der Waals surface area contributed by atoms with Crippen LogP contribution in [0, 0.1) is 0 Å². The summed E-state index contributed by atoms with van der Waals surface area (Å²) in [6, 6.07) is 12.7. The lowest BCUT2D eigenvalue weighted by Gasteiger charge is -2.27. The molecule has 2 aliphatic heterocycles. The lowest BCUT2D eigenvalue weighted by molar-refractivity contribution is -0.132. The minimum absolute atomic E-state index is 0.0858. The van der Waals surface area contributed by atoms with Gasteiger partial charge in [-0.3, -0.25) is 18.7 Å². The minimum Gasteiger partial charge on any atom is -0.486 e. The fourth-order valence-corrected chi connectivity index (χ4v) is 4.71. The summed E-state index contributed by atoms with van der Waals surface area (Å²) < 4.78 is 13.9. The summed E-state index contributed by atoms with van der Waals surface area (Å²) in [7, 11) is 0. The third-order valence-electron chi connectivity index (χ3n) is 6.27. The lowest BCUT2D eigenvalue weighted by atomic mass is 10.0. The third-order valence-corrected chi connectivity index (χ3v) is 6.27. The Labute approximate surface area is 184 Å². The van der Waals surface area contributed by atoms with Gasteiger partial charge in [0.05, 0.1) is 16.9 Å². The Morgan fingerprint density at radius 1 is 1.03 bits per heavy atom. The highest BCUT2D eigenvalue weighted by Gasteiger charge is 2.31. The van der Waals surface area contributed by atoms with Crippen molar-refractivity contribution < 1.29 is 14.3 Å². The van der Waals surface area contributed by atoms with E-state index in [4.69, 9.17) is 9.47 Å². The van der Waals surface area contributed by atoms with E-state index in [0.717, 1.165) is 24.2 Å². The molecule has 0 unspecified atom stereocenters. The van der Waals surface area contributed by atoms with Gasteiger partial charge in [-0.1, -0.05) is 18.2 Å². The number of aromatic nitrogens is 2. The second-order valence-corrected chi connectivity index (χ2v) is 8.08. The maximum atomic E-state index is 13.4. The number of likely N-dealkylation sites (tertiary alicyclic amines) is 1. The predicted octanol–water partition coefficient (Wildman–Crippen LogP) is 2.32. The first-order valence-corrected chi connectivity index (χ1v) is 11.0. The molecular formula is C24H25N3O5. The van der Waals surface area contributed by atoms with E-state index in [-0.39, 0.29) is 30.6 Å². The first-order chi connectivity index (χ1) is 15.6. The smallest absolute Gasteiger partial charge is 0.331 e. The minimum atomic E-state index is -0.459. The van der Waals surface area contributed by atoms with E-state index < -0.39 is 5.69 Å². The second kappa shape index (κ2) is 8.18. The van der Waals surface area contributed by atoms with Crippen LogP contribution in [-0.2, 0) is 17.9 Å². The van der Waals surface area contributed by atoms with Gasteiger partial charge in [-0.05, 0) is 49.6 Å². The van der Waals surface area contributed by atoms with E-state index in [1.54, 1.807) is 31.2 Å². The molecule has 8 heteroatoms. The van der Waals surface area contributed by atoms with Crippen molar-refractivity contribution in [3.05, 3.63) is 68.9 Å². The van der Waals surface area contributed by atoms with Gasteiger partial charge in [-0.2, -0.15) is 0 Å². The molecule has 3 heterocycles. The quantitative estimate of drug-likeness (QED) is 0.628. The number of amides is 1. The van der Waals surface area contributed by atoms with E-state index in [0.29, 0.717) is 36.4 Å². The molecule has 1 amide bonds. The zero-order valence-corrected chi connectivity index (χ0v) is 18.0. The number of carbonyl (C=O) groups excluding carboxylic acids is 1. The maximum absolute atomic E-state index is 13.4. The summed E-state index contributed by atoms with van der Waals surface area (Å²) in [5.74, 6) is 1.27. The number of carbonyl (C=O) groups is 1. The van der Waals surface area contributed by atoms with Crippen molar-refractivity contribution in [2.75, 3.05) is 19.8 Å². The zero-order valence-electron chi connectivity index (χ0n) is 18.0. The maximum Gasteiger partial charge on any atom is 0.331 e. The lowest BCUT2D eigenvalue weighted by Crippen LogP contribution is -2.43. The van der Waals surface area contributed by atoms with Crippen molar-refractivity contribution in [2.45, 2.75) is 38.9 Å².